The van der Waals surface area contributed by atoms with Crippen molar-refractivity contribution in [3.63, 3.8) is 0 Å². The van der Waals surface area contributed by atoms with Gasteiger partial charge in [0.15, 0.2) is 0 Å². The predicted molar refractivity (Wildman–Crippen MR) is 90.1 cm³/mol. The quantitative estimate of drug-likeness (QED) is 0.804. The van der Waals surface area contributed by atoms with Crippen molar-refractivity contribution in [2.45, 2.75) is 31.6 Å². The maximum atomic E-state index is 4.80. The third-order valence-electron chi connectivity index (χ3n) is 3.60. The summed E-state index contributed by atoms with van der Waals surface area (Å²) in [5.41, 5.74) is 2.58. The van der Waals surface area contributed by atoms with E-state index in [-0.39, 0.29) is 0 Å². The largest absolute Gasteiger partial charge is 0.372 e. The van der Waals surface area contributed by atoms with Gasteiger partial charge < -0.3 is 5.32 Å². The van der Waals surface area contributed by atoms with E-state index in [1.165, 1.54) is 27.7 Å². The van der Waals surface area contributed by atoms with Crippen LogP contribution in [0.15, 0.2) is 30.3 Å². The molecule has 3 nitrogen and oxygen atoms in total. The molecule has 1 heterocycles. The molecule has 1 aliphatic rings. The van der Waals surface area contributed by atoms with Gasteiger partial charge in [-0.1, -0.05) is 30.3 Å². The van der Waals surface area contributed by atoms with E-state index in [2.05, 4.69) is 63.2 Å². The summed E-state index contributed by atoms with van der Waals surface area (Å²) in [5, 5.41) is 3.20. The second kappa shape index (κ2) is 6.08. The molecule has 0 aliphatic heterocycles. The lowest BCUT2D eigenvalue weighted by Gasteiger charge is -2.10. The zero-order valence-electron chi connectivity index (χ0n) is 11.6. The summed E-state index contributed by atoms with van der Waals surface area (Å²) in [6, 6.07) is 10.5. The fourth-order valence-electron chi connectivity index (χ4n) is 2.32. The standard InChI is InChI=1S/C16H18IN3/c1-18-16-14(17)15(12-8-9-12)19-13(20-16)10-7-11-5-3-2-4-6-11/h2-6,12H,7-10H2,1H3,(H,18,19,20). The number of nitrogens with one attached hydrogen (secondary N) is 1. The van der Waals surface area contributed by atoms with E-state index in [9.17, 15) is 0 Å². The second-order valence-corrected chi connectivity index (χ2v) is 6.28. The van der Waals surface area contributed by atoms with Gasteiger partial charge in [-0.2, -0.15) is 0 Å². The van der Waals surface area contributed by atoms with Gasteiger partial charge >= 0.3 is 0 Å². The normalized spacial score (nSPS) is 14.3. The number of hydrogen-bond donors (Lipinski definition) is 1. The van der Waals surface area contributed by atoms with Crippen LogP contribution in [-0.2, 0) is 12.8 Å². The molecule has 0 saturated heterocycles. The van der Waals surface area contributed by atoms with Crippen molar-refractivity contribution < 1.29 is 0 Å². The number of aromatic nitrogens is 2. The first-order valence-electron chi connectivity index (χ1n) is 7.06. The number of benzene rings is 1. The van der Waals surface area contributed by atoms with Crippen LogP contribution >= 0.6 is 22.6 Å². The summed E-state index contributed by atoms with van der Waals surface area (Å²) in [6.07, 6.45) is 4.44. The van der Waals surface area contributed by atoms with Crippen molar-refractivity contribution in [3.8, 4) is 0 Å². The van der Waals surface area contributed by atoms with E-state index in [0.717, 1.165) is 24.5 Å². The Hall–Kier alpha value is -1.17. The highest BCUT2D eigenvalue weighted by molar-refractivity contribution is 14.1. The van der Waals surface area contributed by atoms with Crippen LogP contribution in [-0.4, -0.2) is 17.0 Å². The summed E-state index contributed by atoms with van der Waals surface area (Å²) in [7, 11) is 1.93. The number of halogens is 1. The molecule has 0 unspecified atom stereocenters. The summed E-state index contributed by atoms with van der Waals surface area (Å²) in [5.74, 6) is 2.60. The number of hydrogen-bond acceptors (Lipinski definition) is 3. The van der Waals surface area contributed by atoms with Gasteiger partial charge in [-0.3, -0.25) is 0 Å². The van der Waals surface area contributed by atoms with E-state index in [4.69, 9.17) is 4.98 Å². The molecule has 2 aromatic rings. The molecule has 0 spiro atoms. The van der Waals surface area contributed by atoms with Gasteiger partial charge in [-0.05, 0) is 47.4 Å². The highest BCUT2D eigenvalue weighted by Gasteiger charge is 2.29. The first kappa shape index (κ1) is 13.8. The fourth-order valence-corrected chi connectivity index (χ4v) is 3.27. The van der Waals surface area contributed by atoms with E-state index < -0.39 is 0 Å². The molecule has 0 bridgehead atoms. The van der Waals surface area contributed by atoms with Gasteiger partial charge in [-0.25, -0.2) is 9.97 Å². The van der Waals surface area contributed by atoms with Gasteiger partial charge in [-0.15, -0.1) is 0 Å². The number of aryl methyl sites for hydroxylation is 2. The SMILES string of the molecule is CNc1nc(CCc2ccccc2)nc(C2CC2)c1I. The van der Waals surface area contributed by atoms with Gasteiger partial charge in [0, 0.05) is 19.4 Å². The van der Waals surface area contributed by atoms with Gasteiger partial charge in [0.2, 0.25) is 0 Å². The van der Waals surface area contributed by atoms with Crippen LogP contribution in [0.4, 0.5) is 5.82 Å². The average molecular weight is 379 g/mol. The molecule has 104 valence electrons. The molecule has 20 heavy (non-hydrogen) atoms. The molecule has 1 N–H and O–H groups in total. The predicted octanol–water partition coefficient (Wildman–Crippen LogP) is 3.79. The molecule has 3 rings (SSSR count). The van der Waals surface area contributed by atoms with Crippen LogP contribution in [0.1, 0.15) is 35.8 Å². The average Bonchev–Trinajstić information content (AvgIpc) is 3.32. The van der Waals surface area contributed by atoms with Crippen molar-refractivity contribution in [2.24, 2.45) is 0 Å². The summed E-state index contributed by atoms with van der Waals surface area (Å²) < 4.78 is 1.19. The van der Waals surface area contributed by atoms with E-state index >= 15 is 0 Å². The lowest BCUT2D eigenvalue weighted by atomic mass is 10.1. The summed E-state index contributed by atoms with van der Waals surface area (Å²) in [4.78, 5) is 9.45. The van der Waals surface area contributed by atoms with Crippen molar-refractivity contribution in [2.75, 3.05) is 12.4 Å². The lowest BCUT2D eigenvalue weighted by molar-refractivity contribution is 0.825. The minimum Gasteiger partial charge on any atom is -0.372 e. The first-order chi connectivity index (χ1) is 9.78. The van der Waals surface area contributed by atoms with E-state index in [1.807, 2.05) is 7.05 Å². The Balaban J connectivity index is 1.80. The number of rotatable bonds is 5. The van der Waals surface area contributed by atoms with Crippen LogP contribution in [0.25, 0.3) is 0 Å². The highest BCUT2D eigenvalue weighted by Crippen LogP contribution is 2.42. The molecule has 1 fully saturated rings. The van der Waals surface area contributed by atoms with Crippen LogP contribution in [0.5, 0.6) is 0 Å². The van der Waals surface area contributed by atoms with Gasteiger partial charge in [0.25, 0.3) is 0 Å². The zero-order chi connectivity index (χ0) is 13.9. The highest BCUT2D eigenvalue weighted by atomic mass is 127. The van der Waals surface area contributed by atoms with E-state index in [0.29, 0.717) is 5.92 Å². The molecule has 1 saturated carbocycles. The Kier molecular flexibility index (Phi) is 4.19. The smallest absolute Gasteiger partial charge is 0.143 e. The van der Waals surface area contributed by atoms with Gasteiger partial charge in [0.1, 0.15) is 11.6 Å². The van der Waals surface area contributed by atoms with Crippen molar-refractivity contribution in [3.05, 3.63) is 51.0 Å². The monoisotopic (exact) mass is 379 g/mol. The Morgan fingerprint density at radius 3 is 2.55 bits per heavy atom. The van der Waals surface area contributed by atoms with E-state index in [1.54, 1.807) is 0 Å². The second-order valence-electron chi connectivity index (χ2n) is 5.20. The Bertz CT molecular complexity index is 594. The van der Waals surface area contributed by atoms with Crippen LogP contribution in [0.3, 0.4) is 0 Å². The number of nitrogens with zero attached hydrogens (tertiary/aromatic N) is 2. The maximum absolute atomic E-state index is 4.80. The topological polar surface area (TPSA) is 37.8 Å². The van der Waals surface area contributed by atoms with Crippen LogP contribution < -0.4 is 5.32 Å². The molecular formula is C16H18IN3. The van der Waals surface area contributed by atoms with Crippen molar-refractivity contribution in [1.29, 1.82) is 0 Å². The third kappa shape index (κ3) is 3.11. The summed E-state index contributed by atoms with van der Waals surface area (Å²) >= 11 is 2.37. The maximum Gasteiger partial charge on any atom is 0.143 e. The Morgan fingerprint density at radius 2 is 1.90 bits per heavy atom. The molecule has 1 aliphatic carbocycles. The molecule has 0 atom stereocenters. The number of anilines is 1. The third-order valence-corrected chi connectivity index (χ3v) is 4.67. The molecule has 1 aromatic carbocycles. The first-order valence-corrected chi connectivity index (χ1v) is 8.14. The minimum atomic E-state index is 0.660. The Labute approximate surface area is 133 Å². The van der Waals surface area contributed by atoms with Crippen molar-refractivity contribution >= 4 is 28.4 Å². The zero-order valence-corrected chi connectivity index (χ0v) is 13.7. The fraction of sp³-hybridized carbons (Fsp3) is 0.375. The Morgan fingerprint density at radius 1 is 1.15 bits per heavy atom. The minimum absolute atomic E-state index is 0.660. The molecule has 4 heteroatoms. The van der Waals surface area contributed by atoms with Crippen molar-refractivity contribution in [1.82, 2.24) is 9.97 Å². The molecule has 0 radical (unpaired) electrons. The van der Waals surface area contributed by atoms with Crippen LogP contribution in [0, 0.1) is 3.57 Å². The molecule has 0 amide bonds. The summed E-state index contributed by atoms with van der Waals surface area (Å²) in [6.45, 7) is 0. The lowest BCUT2D eigenvalue weighted by Crippen LogP contribution is -2.08. The van der Waals surface area contributed by atoms with Gasteiger partial charge in [0.05, 0.1) is 9.26 Å². The molecular weight excluding hydrogens is 361 g/mol. The van der Waals surface area contributed by atoms with Crippen LogP contribution in [0.2, 0.25) is 0 Å². The molecule has 1 aromatic heterocycles.